The van der Waals surface area contributed by atoms with Crippen LogP contribution in [-0.2, 0) is 11.4 Å². The second kappa shape index (κ2) is 11.7. The van der Waals surface area contributed by atoms with E-state index in [0.29, 0.717) is 45.8 Å². The number of fused-ring (bicyclic) bond motifs is 3. The minimum Gasteiger partial charge on any atom is -0.854 e. The molecule has 0 radical (unpaired) electrons. The monoisotopic (exact) mass is 542 g/mol. The van der Waals surface area contributed by atoms with E-state index in [1.54, 1.807) is 16.7 Å². The third-order valence-corrected chi connectivity index (χ3v) is 7.44. The van der Waals surface area contributed by atoms with Gasteiger partial charge in [0.1, 0.15) is 6.61 Å². The summed E-state index contributed by atoms with van der Waals surface area (Å²) in [5.41, 5.74) is 3.17. The van der Waals surface area contributed by atoms with Gasteiger partial charge in [-0.1, -0.05) is 78.3 Å². The Bertz CT molecular complexity index is 1480. The number of thioether (sulfide) groups is 1. The van der Waals surface area contributed by atoms with E-state index < -0.39 is 6.17 Å². The number of nitrogens with zero attached hydrogens (tertiary/aromatic N) is 4. The first-order valence-corrected chi connectivity index (χ1v) is 13.9. The molecule has 1 unspecified atom stereocenters. The molecule has 1 amide bonds. The van der Waals surface area contributed by atoms with Crippen LogP contribution in [0.5, 0.6) is 17.4 Å². The van der Waals surface area contributed by atoms with Gasteiger partial charge in [0.25, 0.3) is 17.0 Å². The molecule has 0 bridgehead atoms. The average molecular weight is 543 g/mol. The maximum atomic E-state index is 13.5. The number of para-hydroxylation sites is 2. The molecule has 0 saturated carbocycles. The quantitative estimate of drug-likeness (QED) is 0.169. The smallest absolute Gasteiger partial charge is 0.296 e. The van der Waals surface area contributed by atoms with Crippen molar-refractivity contribution in [2.24, 2.45) is 0 Å². The molecule has 39 heavy (non-hydrogen) atoms. The number of aromatic nitrogens is 3. The van der Waals surface area contributed by atoms with Crippen LogP contribution in [0.15, 0.2) is 78.0 Å². The Balaban J connectivity index is 1.71. The lowest BCUT2D eigenvalue weighted by molar-refractivity contribution is -0.764. The molecule has 200 valence electrons. The summed E-state index contributed by atoms with van der Waals surface area (Å²) in [4.78, 5) is 19.3. The second-order valence-corrected chi connectivity index (χ2v) is 10.2. The lowest BCUT2D eigenvalue weighted by atomic mass is 10.0. The summed E-state index contributed by atoms with van der Waals surface area (Å²) < 4.78 is 13.7. The zero-order valence-corrected chi connectivity index (χ0v) is 23.0. The van der Waals surface area contributed by atoms with E-state index in [-0.39, 0.29) is 11.8 Å². The van der Waals surface area contributed by atoms with E-state index >= 15 is 0 Å². The number of carbonyl (C=O) groups is 1. The third kappa shape index (κ3) is 5.27. The van der Waals surface area contributed by atoms with Crippen LogP contribution in [0.4, 0.5) is 5.69 Å². The fourth-order valence-corrected chi connectivity index (χ4v) is 5.61. The van der Waals surface area contributed by atoms with Gasteiger partial charge in [0.15, 0.2) is 11.5 Å². The maximum Gasteiger partial charge on any atom is 0.296 e. The van der Waals surface area contributed by atoms with Gasteiger partial charge in [-0.3, -0.25) is 4.79 Å². The summed E-state index contributed by atoms with van der Waals surface area (Å²) in [6.45, 7) is 3.92. The number of carbonyl (C=O) groups excluding carboxylic acids is 1. The molecule has 0 N–H and O–H groups in total. The van der Waals surface area contributed by atoms with Crippen LogP contribution < -0.4 is 24.2 Å². The van der Waals surface area contributed by atoms with E-state index in [9.17, 15) is 9.90 Å². The molecule has 4 aromatic rings. The zero-order valence-electron chi connectivity index (χ0n) is 22.2. The van der Waals surface area contributed by atoms with Gasteiger partial charge in [0.2, 0.25) is 5.91 Å². The van der Waals surface area contributed by atoms with Crippen LogP contribution in [0.3, 0.4) is 0 Å². The fourth-order valence-electron chi connectivity index (χ4n) is 4.71. The largest absolute Gasteiger partial charge is 0.854 e. The molecule has 1 aliphatic heterocycles. The molecule has 3 aromatic carbocycles. The number of benzene rings is 3. The molecule has 0 spiro atoms. The summed E-state index contributed by atoms with van der Waals surface area (Å²) in [5.74, 6) is 1.19. The first-order chi connectivity index (χ1) is 19.0. The second-order valence-electron chi connectivity index (χ2n) is 9.13. The Hall–Kier alpha value is -4.11. The van der Waals surface area contributed by atoms with Gasteiger partial charge in [0, 0.05) is 17.8 Å². The fraction of sp³-hybridized carbons (Fsp3) is 0.267. The average Bonchev–Trinajstić information content (AvgIpc) is 2.95. The lowest BCUT2D eigenvalue weighted by Gasteiger charge is -2.33. The number of amides is 1. The highest BCUT2D eigenvalue weighted by molar-refractivity contribution is 7.99. The first kappa shape index (κ1) is 26.5. The van der Waals surface area contributed by atoms with Crippen LogP contribution in [-0.4, -0.2) is 28.9 Å². The number of anilines is 1. The molecule has 2 heterocycles. The Morgan fingerprint density at radius 2 is 1.85 bits per heavy atom. The highest BCUT2D eigenvalue weighted by Gasteiger charge is 2.45. The Labute approximate surface area is 232 Å². The van der Waals surface area contributed by atoms with Crippen molar-refractivity contribution in [1.29, 1.82) is 0 Å². The maximum absolute atomic E-state index is 13.5. The molecule has 9 heteroatoms. The molecular formula is C30H30N4O4S. The van der Waals surface area contributed by atoms with Crippen LogP contribution >= 0.6 is 11.8 Å². The SMILES string of the molecule is CCCCSc1nc([O-])c2[n+](n1)C(c1cccc(OC)c1OCc1ccccc1)N(C(C)=O)c1ccccc1-2. The van der Waals surface area contributed by atoms with Gasteiger partial charge in [-0.2, -0.15) is 0 Å². The number of rotatable bonds is 9. The van der Waals surface area contributed by atoms with Gasteiger partial charge < -0.3 is 14.6 Å². The Kier molecular flexibility index (Phi) is 7.97. The Morgan fingerprint density at radius 1 is 1.08 bits per heavy atom. The molecule has 1 atom stereocenters. The number of hydrogen-bond donors (Lipinski definition) is 0. The third-order valence-electron chi connectivity index (χ3n) is 6.52. The predicted molar refractivity (Wildman–Crippen MR) is 148 cm³/mol. The molecule has 0 saturated heterocycles. The molecule has 0 aliphatic carbocycles. The summed E-state index contributed by atoms with van der Waals surface area (Å²) in [6.07, 6.45) is 1.20. The normalized spacial score (nSPS) is 13.9. The van der Waals surface area contributed by atoms with Crippen molar-refractivity contribution in [3.05, 3.63) is 83.9 Å². The zero-order chi connectivity index (χ0) is 27.4. The van der Waals surface area contributed by atoms with E-state index in [0.717, 1.165) is 24.2 Å². The van der Waals surface area contributed by atoms with Crippen molar-refractivity contribution in [1.82, 2.24) is 10.1 Å². The summed E-state index contributed by atoms with van der Waals surface area (Å²) in [6, 6.07) is 22.7. The molecular weight excluding hydrogens is 512 g/mol. The van der Waals surface area contributed by atoms with Gasteiger partial charge in [0.05, 0.1) is 29.8 Å². The van der Waals surface area contributed by atoms with E-state index in [4.69, 9.17) is 14.6 Å². The minimum absolute atomic E-state index is 0.200. The molecule has 0 fully saturated rings. The number of methoxy groups -OCH3 is 1. The summed E-state index contributed by atoms with van der Waals surface area (Å²) in [5, 5.41) is 18.7. The van der Waals surface area contributed by atoms with Gasteiger partial charge in [-0.25, -0.2) is 9.88 Å². The predicted octanol–water partition coefficient (Wildman–Crippen LogP) is 4.90. The van der Waals surface area contributed by atoms with E-state index in [1.807, 2.05) is 72.8 Å². The molecule has 1 aliphatic rings. The topological polar surface area (TPSA) is 91.5 Å². The number of ether oxygens (including phenoxy) is 2. The van der Waals surface area contributed by atoms with E-state index in [1.165, 1.54) is 18.7 Å². The van der Waals surface area contributed by atoms with Crippen LogP contribution in [0.1, 0.15) is 44.0 Å². The van der Waals surface area contributed by atoms with Gasteiger partial charge in [-0.05, 0) is 36.2 Å². The number of hydrogen-bond acceptors (Lipinski definition) is 7. The van der Waals surface area contributed by atoms with Gasteiger partial charge >= 0.3 is 0 Å². The van der Waals surface area contributed by atoms with Gasteiger partial charge in [-0.15, -0.1) is 0 Å². The van der Waals surface area contributed by atoms with Crippen molar-refractivity contribution < 1.29 is 24.1 Å². The lowest BCUT2D eigenvalue weighted by Crippen LogP contribution is -2.58. The van der Waals surface area contributed by atoms with Crippen molar-refractivity contribution >= 4 is 23.4 Å². The molecule has 5 rings (SSSR count). The van der Waals surface area contributed by atoms with Crippen molar-refractivity contribution in [3.63, 3.8) is 0 Å². The van der Waals surface area contributed by atoms with E-state index in [2.05, 4.69) is 11.9 Å². The highest BCUT2D eigenvalue weighted by Crippen LogP contribution is 2.44. The number of unbranched alkanes of at least 4 members (excludes halogenated alkanes) is 1. The Morgan fingerprint density at radius 3 is 2.59 bits per heavy atom. The van der Waals surface area contributed by atoms with Crippen molar-refractivity contribution in [2.45, 2.75) is 44.6 Å². The van der Waals surface area contributed by atoms with Crippen LogP contribution in [0, 0.1) is 0 Å². The molecule has 1 aromatic heterocycles. The highest BCUT2D eigenvalue weighted by atomic mass is 32.2. The van der Waals surface area contributed by atoms with Crippen LogP contribution in [0.25, 0.3) is 11.3 Å². The van der Waals surface area contributed by atoms with Crippen molar-refractivity contribution in [3.8, 4) is 28.6 Å². The minimum atomic E-state index is -0.797. The summed E-state index contributed by atoms with van der Waals surface area (Å²) in [7, 11) is 1.58. The summed E-state index contributed by atoms with van der Waals surface area (Å²) >= 11 is 1.44. The van der Waals surface area contributed by atoms with Crippen LogP contribution in [0.2, 0.25) is 0 Å². The standard InChI is InChI=1S/C30H30N4O4S/c1-4-5-18-39-30-31-28(36)26-22-14-9-10-16-24(22)33(20(2)35)29(34(26)32-30)23-15-11-17-25(37-3)27(23)38-19-21-12-7-6-8-13-21/h6-17,29H,4-5,18-19H2,1-3H3. The molecule has 8 nitrogen and oxygen atoms in total. The van der Waals surface area contributed by atoms with Crippen molar-refractivity contribution in [2.75, 3.05) is 17.8 Å². The first-order valence-electron chi connectivity index (χ1n) is 12.9.